The fourth-order valence-electron chi connectivity index (χ4n) is 1.75. The quantitative estimate of drug-likeness (QED) is 0.820. The Hall–Kier alpha value is -0.710. The van der Waals surface area contributed by atoms with Crippen LogP contribution in [0.4, 0.5) is 0 Å². The lowest BCUT2D eigenvalue weighted by atomic mass is 10.0. The highest BCUT2D eigenvalue weighted by Crippen LogP contribution is 2.20. The number of rotatable bonds is 5. The highest BCUT2D eigenvalue weighted by Gasteiger charge is 2.19. The highest BCUT2D eigenvalue weighted by atomic mass is 35.5. The van der Waals surface area contributed by atoms with Gasteiger partial charge in [-0.15, -0.1) is 12.6 Å². The van der Waals surface area contributed by atoms with Gasteiger partial charge >= 0.3 is 0 Å². The molecule has 1 aromatic carbocycles. The van der Waals surface area contributed by atoms with E-state index < -0.39 is 0 Å². The summed E-state index contributed by atoms with van der Waals surface area (Å²) in [5, 5.41) is 3.48. The first-order chi connectivity index (χ1) is 8.81. The van der Waals surface area contributed by atoms with Crippen molar-refractivity contribution in [2.75, 3.05) is 20.6 Å². The fraction of sp³-hybridized carbons (Fsp3) is 0.500. The minimum absolute atomic E-state index is 0.0853. The van der Waals surface area contributed by atoms with Crippen LogP contribution in [0.5, 0.6) is 0 Å². The summed E-state index contributed by atoms with van der Waals surface area (Å²) >= 11 is 10.3. The lowest BCUT2D eigenvalue weighted by molar-refractivity contribution is 0.0916. The Morgan fingerprint density at radius 2 is 2.05 bits per heavy atom. The Kier molecular flexibility index (Phi) is 6.17. The zero-order chi connectivity index (χ0) is 14.6. The largest absolute Gasteiger partial charge is 0.348 e. The van der Waals surface area contributed by atoms with E-state index in [4.69, 9.17) is 11.6 Å². The fourth-order valence-corrected chi connectivity index (χ4v) is 2.16. The first-order valence-electron chi connectivity index (χ1n) is 6.25. The van der Waals surface area contributed by atoms with Gasteiger partial charge in [-0.3, -0.25) is 4.79 Å². The van der Waals surface area contributed by atoms with Crippen LogP contribution in [0.1, 0.15) is 24.2 Å². The number of nitrogens with zero attached hydrogens (tertiary/aromatic N) is 1. The molecule has 0 saturated carbocycles. The van der Waals surface area contributed by atoms with Crippen molar-refractivity contribution in [1.29, 1.82) is 0 Å². The monoisotopic (exact) mass is 300 g/mol. The number of amides is 1. The summed E-state index contributed by atoms with van der Waals surface area (Å²) in [6, 6.07) is 5.23. The number of benzene rings is 1. The average molecular weight is 301 g/mol. The SMILES string of the molecule is CC(C)C(CN(C)C)NC(=O)c1cc(S)ccc1Cl. The van der Waals surface area contributed by atoms with Gasteiger partial charge in [0.2, 0.25) is 0 Å². The second-order valence-electron chi connectivity index (χ2n) is 5.25. The summed E-state index contributed by atoms with van der Waals surface area (Å²) in [6.07, 6.45) is 0. The molecule has 0 saturated heterocycles. The smallest absolute Gasteiger partial charge is 0.253 e. The molecule has 19 heavy (non-hydrogen) atoms. The molecule has 0 aliphatic carbocycles. The van der Waals surface area contributed by atoms with Gasteiger partial charge in [0.15, 0.2) is 0 Å². The van der Waals surface area contributed by atoms with Gasteiger partial charge < -0.3 is 10.2 Å². The van der Waals surface area contributed by atoms with Crippen LogP contribution in [0.3, 0.4) is 0 Å². The van der Waals surface area contributed by atoms with Crippen molar-refractivity contribution < 1.29 is 4.79 Å². The van der Waals surface area contributed by atoms with Crippen LogP contribution in [0.2, 0.25) is 5.02 Å². The Bertz CT molecular complexity index is 449. The average Bonchev–Trinajstić information content (AvgIpc) is 2.30. The predicted octanol–water partition coefficient (Wildman–Crippen LogP) is 2.94. The van der Waals surface area contributed by atoms with Gasteiger partial charge in [0, 0.05) is 17.5 Å². The standard InChI is InChI=1S/C14H21ClN2OS/c1-9(2)13(8-17(3)4)16-14(18)11-7-10(19)5-6-12(11)15/h5-7,9,13,19H,8H2,1-4H3,(H,16,18). The van der Waals surface area contributed by atoms with E-state index in [2.05, 4.69) is 36.7 Å². The van der Waals surface area contributed by atoms with E-state index in [1.807, 2.05) is 14.1 Å². The van der Waals surface area contributed by atoms with Gasteiger partial charge in [0.1, 0.15) is 0 Å². The second kappa shape index (κ2) is 7.17. The molecule has 5 heteroatoms. The Balaban J connectivity index is 2.84. The molecule has 106 valence electrons. The van der Waals surface area contributed by atoms with Crippen LogP contribution in [-0.2, 0) is 0 Å². The summed E-state index contributed by atoms with van der Waals surface area (Å²) < 4.78 is 0. The Morgan fingerprint density at radius 1 is 1.42 bits per heavy atom. The van der Waals surface area contributed by atoms with E-state index in [0.29, 0.717) is 16.5 Å². The van der Waals surface area contributed by atoms with Gasteiger partial charge in [-0.05, 0) is 38.2 Å². The van der Waals surface area contributed by atoms with Crippen LogP contribution in [0, 0.1) is 5.92 Å². The van der Waals surface area contributed by atoms with Crippen LogP contribution in [0.15, 0.2) is 23.1 Å². The van der Waals surface area contributed by atoms with Crippen molar-refractivity contribution >= 4 is 30.1 Å². The summed E-state index contributed by atoms with van der Waals surface area (Å²) in [4.78, 5) is 15.0. The first kappa shape index (κ1) is 16.3. The lowest BCUT2D eigenvalue weighted by Crippen LogP contribution is -2.45. The molecular weight excluding hydrogens is 280 g/mol. The maximum absolute atomic E-state index is 12.3. The van der Waals surface area contributed by atoms with Crippen LogP contribution >= 0.6 is 24.2 Å². The summed E-state index contributed by atoms with van der Waals surface area (Å²) in [7, 11) is 3.98. The topological polar surface area (TPSA) is 32.3 Å². The molecule has 0 heterocycles. The van der Waals surface area contributed by atoms with Gasteiger partial charge in [0.05, 0.1) is 10.6 Å². The number of hydrogen-bond donors (Lipinski definition) is 2. The van der Waals surface area contributed by atoms with Crippen LogP contribution in [-0.4, -0.2) is 37.5 Å². The second-order valence-corrected chi connectivity index (χ2v) is 6.17. The number of likely N-dealkylation sites (N-methyl/N-ethyl adjacent to an activating group) is 1. The molecular formula is C14H21ClN2OS. The minimum atomic E-state index is -0.151. The van der Waals surface area contributed by atoms with E-state index in [9.17, 15) is 4.79 Å². The molecule has 1 atom stereocenters. The van der Waals surface area contributed by atoms with Gasteiger partial charge in [-0.25, -0.2) is 0 Å². The Labute approximate surface area is 125 Å². The number of thiol groups is 1. The van der Waals surface area contributed by atoms with Gasteiger partial charge in [-0.2, -0.15) is 0 Å². The van der Waals surface area contributed by atoms with Crippen LogP contribution in [0.25, 0.3) is 0 Å². The van der Waals surface area contributed by atoms with Crippen molar-refractivity contribution in [3.8, 4) is 0 Å². The van der Waals surface area contributed by atoms with Gasteiger partial charge in [0.25, 0.3) is 5.91 Å². The molecule has 3 nitrogen and oxygen atoms in total. The van der Waals surface area contributed by atoms with Crippen LogP contribution < -0.4 is 5.32 Å². The van der Waals surface area contributed by atoms with Crippen molar-refractivity contribution in [3.05, 3.63) is 28.8 Å². The normalized spacial score (nSPS) is 12.8. The molecule has 1 unspecified atom stereocenters. The van der Waals surface area contributed by atoms with Crippen molar-refractivity contribution in [2.24, 2.45) is 5.92 Å². The third-order valence-electron chi connectivity index (χ3n) is 2.88. The van der Waals surface area contributed by atoms with Crippen molar-refractivity contribution in [3.63, 3.8) is 0 Å². The molecule has 0 fully saturated rings. The zero-order valence-corrected chi connectivity index (χ0v) is 13.4. The van der Waals surface area contributed by atoms with E-state index >= 15 is 0 Å². The van der Waals surface area contributed by atoms with Crippen molar-refractivity contribution in [1.82, 2.24) is 10.2 Å². The lowest BCUT2D eigenvalue weighted by Gasteiger charge is -2.25. The van der Waals surface area contributed by atoms with E-state index in [0.717, 1.165) is 11.4 Å². The number of carbonyl (C=O) groups is 1. The number of carbonyl (C=O) groups excluding carboxylic acids is 1. The first-order valence-corrected chi connectivity index (χ1v) is 7.08. The predicted molar refractivity (Wildman–Crippen MR) is 83.4 cm³/mol. The molecule has 1 aromatic rings. The number of halogens is 1. The molecule has 0 aliphatic heterocycles. The van der Waals surface area contributed by atoms with Crippen molar-refractivity contribution in [2.45, 2.75) is 24.8 Å². The zero-order valence-electron chi connectivity index (χ0n) is 11.8. The van der Waals surface area contributed by atoms with Gasteiger partial charge in [-0.1, -0.05) is 25.4 Å². The number of hydrogen-bond acceptors (Lipinski definition) is 3. The highest BCUT2D eigenvalue weighted by molar-refractivity contribution is 7.80. The minimum Gasteiger partial charge on any atom is -0.348 e. The number of nitrogens with one attached hydrogen (secondary N) is 1. The molecule has 0 aromatic heterocycles. The Morgan fingerprint density at radius 3 is 2.58 bits per heavy atom. The third kappa shape index (κ3) is 5.05. The summed E-state index contributed by atoms with van der Waals surface area (Å²) in [5.74, 6) is 0.200. The molecule has 1 amide bonds. The maximum Gasteiger partial charge on any atom is 0.253 e. The molecule has 0 aliphatic rings. The summed E-state index contributed by atoms with van der Waals surface area (Å²) in [6.45, 7) is 4.97. The van der Waals surface area contributed by atoms with E-state index in [-0.39, 0.29) is 11.9 Å². The maximum atomic E-state index is 12.3. The molecule has 1 N–H and O–H groups in total. The summed E-state index contributed by atoms with van der Waals surface area (Å²) in [5.41, 5.74) is 0.471. The molecule has 0 spiro atoms. The molecule has 0 radical (unpaired) electrons. The molecule has 0 bridgehead atoms. The van der Waals surface area contributed by atoms with E-state index in [1.165, 1.54) is 0 Å². The molecule has 1 rings (SSSR count). The third-order valence-corrected chi connectivity index (χ3v) is 3.49. The van der Waals surface area contributed by atoms with E-state index in [1.54, 1.807) is 18.2 Å².